The lowest BCUT2D eigenvalue weighted by Gasteiger charge is -2.34. The fraction of sp³-hybridized carbons (Fsp3) is 0.650. The van der Waals surface area contributed by atoms with Crippen molar-refractivity contribution >= 4 is 17.7 Å². The minimum atomic E-state index is -0.342. The van der Waals surface area contributed by atoms with Gasteiger partial charge in [0.1, 0.15) is 0 Å². The van der Waals surface area contributed by atoms with Crippen molar-refractivity contribution in [2.24, 2.45) is 5.92 Å². The molecule has 0 spiro atoms. The highest BCUT2D eigenvalue weighted by atomic mass is 32.2. The Balaban J connectivity index is 1.78. The van der Waals surface area contributed by atoms with Crippen LogP contribution in [0.5, 0.6) is 0 Å². The molecule has 0 radical (unpaired) electrons. The van der Waals surface area contributed by atoms with Gasteiger partial charge in [-0.25, -0.2) is 0 Å². The molecule has 1 saturated heterocycles. The van der Waals surface area contributed by atoms with Gasteiger partial charge in [-0.05, 0) is 51.7 Å². The molecule has 1 aliphatic heterocycles. The fourth-order valence-corrected chi connectivity index (χ4v) is 5.21. The molecule has 1 heterocycles. The van der Waals surface area contributed by atoms with Gasteiger partial charge in [0, 0.05) is 29.2 Å². The van der Waals surface area contributed by atoms with Crippen LogP contribution in [-0.4, -0.2) is 40.4 Å². The van der Waals surface area contributed by atoms with Crippen molar-refractivity contribution in [1.82, 2.24) is 4.90 Å². The highest BCUT2D eigenvalue weighted by Crippen LogP contribution is 2.37. The zero-order valence-corrected chi connectivity index (χ0v) is 15.6. The number of thioether (sulfide) groups is 1. The van der Waals surface area contributed by atoms with Crippen molar-refractivity contribution in [1.29, 1.82) is 0 Å². The number of benzene rings is 1. The zero-order valence-electron chi connectivity index (χ0n) is 14.8. The number of likely N-dealkylation sites (tertiary alicyclic amines) is 1. The molecule has 2 unspecified atom stereocenters. The Morgan fingerprint density at radius 1 is 1.25 bits per heavy atom. The minimum Gasteiger partial charge on any atom is -0.393 e. The molecule has 1 saturated carbocycles. The summed E-state index contributed by atoms with van der Waals surface area (Å²) in [5.41, 5.74) is 2.00. The largest absolute Gasteiger partial charge is 0.393 e. The van der Waals surface area contributed by atoms with E-state index in [9.17, 15) is 9.90 Å². The van der Waals surface area contributed by atoms with E-state index in [-0.39, 0.29) is 17.9 Å². The third-order valence-electron chi connectivity index (χ3n) is 5.39. The van der Waals surface area contributed by atoms with Crippen molar-refractivity contribution in [3.63, 3.8) is 0 Å². The zero-order chi connectivity index (χ0) is 17.1. The van der Waals surface area contributed by atoms with E-state index in [0.29, 0.717) is 11.8 Å². The molecule has 1 amide bonds. The average molecular weight is 348 g/mol. The van der Waals surface area contributed by atoms with Gasteiger partial charge in [0.25, 0.3) is 5.91 Å². The summed E-state index contributed by atoms with van der Waals surface area (Å²) < 4.78 is 0. The highest BCUT2D eigenvalue weighted by Gasteiger charge is 2.29. The van der Waals surface area contributed by atoms with E-state index in [1.807, 2.05) is 29.7 Å². The maximum Gasteiger partial charge on any atom is 0.255 e. The quantitative estimate of drug-likeness (QED) is 0.884. The topological polar surface area (TPSA) is 40.5 Å². The summed E-state index contributed by atoms with van der Waals surface area (Å²) in [7, 11) is 0. The van der Waals surface area contributed by atoms with Crippen molar-refractivity contribution in [2.75, 3.05) is 13.1 Å². The summed E-state index contributed by atoms with van der Waals surface area (Å²) in [6, 6.07) is 6.29. The number of amides is 1. The second-order valence-corrected chi connectivity index (χ2v) is 8.76. The normalized spacial score (nSPS) is 23.5. The smallest absolute Gasteiger partial charge is 0.255 e. The van der Waals surface area contributed by atoms with E-state index >= 15 is 0 Å². The SMILES string of the molecule is Cc1ccc(SC2CCCC2)c(C(=O)N2CCCC(C(C)O)C2)c1. The van der Waals surface area contributed by atoms with E-state index in [4.69, 9.17) is 0 Å². The van der Waals surface area contributed by atoms with Crippen LogP contribution in [0.4, 0.5) is 0 Å². The molecule has 3 rings (SSSR count). The van der Waals surface area contributed by atoms with Crippen LogP contribution in [0.25, 0.3) is 0 Å². The van der Waals surface area contributed by atoms with E-state index < -0.39 is 0 Å². The van der Waals surface area contributed by atoms with Crippen molar-refractivity contribution in [2.45, 2.75) is 68.6 Å². The second kappa shape index (κ2) is 7.92. The number of hydrogen-bond acceptors (Lipinski definition) is 3. The molecule has 2 atom stereocenters. The summed E-state index contributed by atoms with van der Waals surface area (Å²) in [5.74, 6) is 0.350. The number of hydrogen-bond donors (Lipinski definition) is 1. The average Bonchev–Trinajstić information content (AvgIpc) is 3.09. The van der Waals surface area contributed by atoms with Crippen LogP contribution in [0, 0.1) is 12.8 Å². The van der Waals surface area contributed by atoms with E-state index in [0.717, 1.165) is 35.4 Å². The Kier molecular flexibility index (Phi) is 5.88. The number of carbonyl (C=O) groups excluding carboxylic acids is 1. The minimum absolute atomic E-state index is 0.143. The van der Waals surface area contributed by atoms with Crippen LogP contribution in [0.1, 0.15) is 61.4 Å². The first kappa shape index (κ1) is 17.8. The number of rotatable bonds is 4. The van der Waals surface area contributed by atoms with Crippen molar-refractivity contribution < 1.29 is 9.90 Å². The number of aryl methyl sites for hydroxylation is 1. The van der Waals surface area contributed by atoms with Gasteiger partial charge in [-0.2, -0.15) is 0 Å². The van der Waals surface area contributed by atoms with Gasteiger partial charge >= 0.3 is 0 Å². The van der Waals surface area contributed by atoms with Gasteiger partial charge in [-0.3, -0.25) is 4.79 Å². The molecular formula is C20H29NO2S. The molecule has 0 bridgehead atoms. The summed E-state index contributed by atoms with van der Waals surface area (Å²) in [4.78, 5) is 16.2. The predicted octanol–water partition coefficient (Wildman–Crippen LogP) is 4.26. The summed E-state index contributed by atoms with van der Waals surface area (Å²) in [5, 5.41) is 10.6. The maximum atomic E-state index is 13.1. The van der Waals surface area contributed by atoms with Gasteiger partial charge in [-0.15, -0.1) is 11.8 Å². The lowest BCUT2D eigenvalue weighted by atomic mass is 9.93. The van der Waals surface area contributed by atoms with E-state index in [1.54, 1.807) is 0 Å². The molecular weight excluding hydrogens is 318 g/mol. The van der Waals surface area contributed by atoms with Crippen LogP contribution < -0.4 is 0 Å². The number of piperidine rings is 1. The van der Waals surface area contributed by atoms with Crippen LogP contribution in [0.3, 0.4) is 0 Å². The first-order valence-electron chi connectivity index (χ1n) is 9.29. The second-order valence-electron chi connectivity index (χ2n) is 7.42. The van der Waals surface area contributed by atoms with Crippen LogP contribution in [0.15, 0.2) is 23.1 Å². The molecule has 1 aliphatic carbocycles. The van der Waals surface area contributed by atoms with Gasteiger partial charge in [-0.1, -0.05) is 24.5 Å². The fourth-order valence-electron chi connectivity index (χ4n) is 3.86. The number of aliphatic hydroxyl groups excluding tert-OH is 1. The van der Waals surface area contributed by atoms with Crippen LogP contribution in [-0.2, 0) is 0 Å². The molecule has 1 N–H and O–H groups in total. The lowest BCUT2D eigenvalue weighted by molar-refractivity contribution is 0.0463. The molecule has 24 heavy (non-hydrogen) atoms. The lowest BCUT2D eigenvalue weighted by Crippen LogP contribution is -2.43. The molecule has 2 aliphatic rings. The third-order valence-corrected chi connectivity index (χ3v) is 6.80. The Morgan fingerprint density at radius 3 is 2.71 bits per heavy atom. The number of aliphatic hydroxyl groups is 1. The summed E-state index contributed by atoms with van der Waals surface area (Å²) in [6.45, 7) is 5.38. The predicted molar refractivity (Wildman–Crippen MR) is 99.6 cm³/mol. The Labute approximate surface area is 149 Å². The molecule has 0 aromatic heterocycles. The summed E-state index contributed by atoms with van der Waals surface area (Å²) in [6.07, 6.45) is 6.81. The van der Waals surface area contributed by atoms with Crippen molar-refractivity contribution in [3.8, 4) is 0 Å². The van der Waals surface area contributed by atoms with Gasteiger partial charge < -0.3 is 10.0 Å². The molecule has 4 heteroatoms. The number of carbonyl (C=O) groups is 1. The molecule has 3 nitrogen and oxygen atoms in total. The van der Waals surface area contributed by atoms with Crippen molar-refractivity contribution in [3.05, 3.63) is 29.3 Å². The Bertz CT molecular complexity index is 581. The molecule has 2 fully saturated rings. The maximum absolute atomic E-state index is 13.1. The molecule has 132 valence electrons. The van der Waals surface area contributed by atoms with Gasteiger partial charge in [0.2, 0.25) is 0 Å². The van der Waals surface area contributed by atoms with E-state index in [1.165, 1.54) is 25.7 Å². The van der Waals surface area contributed by atoms with Crippen LogP contribution in [0.2, 0.25) is 0 Å². The Hall–Kier alpha value is -1.00. The first-order valence-corrected chi connectivity index (χ1v) is 10.2. The standard InChI is InChI=1S/C20H29NO2S/c1-14-9-10-19(24-17-7-3-4-8-17)18(12-14)20(23)21-11-5-6-16(13-21)15(2)22/h9-10,12,15-17,22H,3-8,11,13H2,1-2H3. The van der Waals surface area contributed by atoms with Gasteiger partial charge in [0.15, 0.2) is 0 Å². The molecule has 1 aromatic carbocycles. The summed E-state index contributed by atoms with van der Waals surface area (Å²) >= 11 is 1.89. The molecule has 1 aromatic rings. The van der Waals surface area contributed by atoms with Crippen LogP contribution >= 0.6 is 11.8 Å². The number of nitrogens with zero attached hydrogens (tertiary/aromatic N) is 1. The highest BCUT2D eigenvalue weighted by molar-refractivity contribution is 8.00. The first-order chi connectivity index (χ1) is 11.5. The van der Waals surface area contributed by atoms with Gasteiger partial charge in [0.05, 0.1) is 11.7 Å². The third kappa shape index (κ3) is 4.15. The monoisotopic (exact) mass is 347 g/mol. The Morgan fingerprint density at radius 2 is 2.00 bits per heavy atom. The van der Waals surface area contributed by atoms with E-state index in [2.05, 4.69) is 19.1 Å².